The average molecular weight is 297 g/mol. The van der Waals surface area contributed by atoms with Crippen molar-refractivity contribution >= 4 is 0 Å². The third-order valence-electron chi connectivity index (χ3n) is 4.19. The van der Waals surface area contributed by atoms with E-state index in [1.54, 1.807) is 0 Å². The van der Waals surface area contributed by atoms with Crippen molar-refractivity contribution < 1.29 is 13.5 Å². The van der Waals surface area contributed by atoms with Gasteiger partial charge in [0.1, 0.15) is 12.4 Å². The van der Waals surface area contributed by atoms with Crippen LogP contribution >= 0.6 is 0 Å². The van der Waals surface area contributed by atoms with Gasteiger partial charge in [-0.15, -0.1) is 0 Å². The van der Waals surface area contributed by atoms with Gasteiger partial charge >= 0.3 is 0 Å². The summed E-state index contributed by atoms with van der Waals surface area (Å²) in [4.78, 5) is 0. The fourth-order valence-corrected chi connectivity index (χ4v) is 3.00. The van der Waals surface area contributed by atoms with Crippen molar-refractivity contribution in [3.05, 3.63) is 29.8 Å². The Kier molecular flexibility index (Phi) is 6.43. The van der Waals surface area contributed by atoms with Crippen LogP contribution in [0, 0.1) is 17.6 Å². The first-order valence-electron chi connectivity index (χ1n) is 8.02. The lowest BCUT2D eigenvalue weighted by atomic mass is 9.84. The highest BCUT2D eigenvalue weighted by molar-refractivity contribution is 5.24. The molecule has 1 aliphatic rings. The molecule has 0 amide bonds. The van der Waals surface area contributed by atoms with E-state index in [1.165, 1.54) is 44.2 Å². The van der Waals surface area contributed by atoms with E-state index in [1.807, 2.05) is 0 Å². The molecule has 0 aromatic heterocycles. The van der Waals surface area contributed by atoms with E-state index in [0.717, 1.165) is 19.0 Å². The minimum atomic E-state index is -0.632. The zero-order valence-electron chi connectivity index (χ0n) is 12.7. The van der Waals surface area contributed by atoms with E-state index in [2.05, 4.69) is 12.2 Å². The van der Waals surface area contributed by atoms with Gasteiger partial charge in [-0.25, -0.2) is 8.78 Å². The molecule has 0 saturated heterocycles. The van der Waals surface area contributed by atoms with Crippen LogP contribution < -0.4 is 10.1 Å². The van der Waals surface area contributed by atoms with Crippen molar-refractivity contribution in [2.45, 2.75) is 51.5 Å². The lowest BCUT2D eigenvalue weighted by Crippen LogP contribution is -2.42. The molecule has 0 spiro atoms. The molecule has 4 heteroatoms. The quantitative estimate of drug-likeness (QED) is 0.810. The number of rotatable bonds is 7. The van der Waals surface area contributed by atoms with Gasteiger partial charge in [-0.3, -0.25) is 0 Å². The maximum atomic E-state index is 13.6. The Morgan fingerprint density at radius 3 is 2.67 bits per heavy atom. The summed E-state index contributed by atoms with van der Waals surface area (Å²) >= 11 is 0. The molecule has 1 saturated carbocycles. The highest BCUT2D eigenvalue weighted by Gasteiger charge is 2.24. The van der Waals surface area contributed by atoms with Crippen molar-refractivity contribution in [1.82, 2.24) is 5.32 Å². The second-order valence-electron chi connectivity index (χ2n) is 5.84. The van der Waals surface area contributed by atoms with E-state index < -0.39 is 11.6 Å². The Morgan fingerprint density at radius 2 is 2.00 bits per heavy atom. The van der Waals surface area contributed by atoms with Gasteiger partial charge in [-0.1, -0.05) is 26.2 Å². The smallest absolute Gasteiger partial charge is 0.167 e. The van der Waals surface area contributed by atoms with E-state index in [9.17, 15) is 8.78 Å². The summed E-state index contributed by atoms with van der Waals surface area (Å²) in [6.45, 7) is 3.51. The number of halogens is 2. The molecular weight excluding hydrogens is 272 g/mol. The van der Waals surface area contributed by atoms with Gasteiger partial charge < -0.3 is 10.1 Å². The van der Waals surface area contributed by atoms with Gasteiger partial charge in [0.2, 0.25) is 0 Å². The first-order chi connectivity index (χ1) is 10.2. The number of nitrogens with one attached hydrogen (secondary N) is 1. The van der Waals surface area contributed by atoms with E-state index in [0.29, 0.717) is 12.5 Å². The molecule has 0 aliphatic heterocycles. The summed E-state index contributed by atoms with van der Waals surface area (Å²) < 4.78 is 32.1. The minimum absolute atomic E-state index is 0.135. The van der Waals surface area contributed by atoms with Crippen LogP contribution in [0.4, 0.5) is 8.78 Å². The second kappa shape index (κ2) is 8.32. The summed E-state index contributed by atoms with van der Waals surface area (Å²) in [7, 11) is 0. The lowest BCUT2D eigenvalue weighted by molar-refractivity contribution is 0.181. The van der Waals surface area contributed by atoms with Crippen LogP contribution in [0.2, 0.25) is 0 Å². The Morgan fingerprint density at radius 1 is 1.24 bits per heavy atom. The third kappa shape index (κ3) is 4.95. The first kappa shape index (κ1) is 16.2. The predicted octanol–water partition coefficient (Wildman–Crippen LogP) is 4.29. The van der Waals surface area contributed by atoms with Gasteiger partial charge in [0.25, 0.3) is 0 Å². The van der Waals surface area contributed by atoms with Gasteiger partial charge in [-0.05, 0) is 43.9 Å². The molecule has 2 nitrogen and oxygen atoms in total. The zero-order chi connectivity index (χ0) is 15.1. The van der Waals surface area contributed by atoms with Crippen molar-refractivity contribution in [1.29, 1.82) is 0 Å². The number of hydrogen-bond donors (Lipinski definition) is 1. The summed E-state index contributed by atoms with van der Waals surface area (Å²) in [5, 5.41) is 3.52. The molecule has 1 aliphatic carbocycles. The molecular formula is C17H25F2NO. The molecule has 2 rings (SSSR count). The molecule has 0 bridgehead atoms. The summed E-state index contributed by atoms with van der Waals surface area (Å²) in [6.07, 6.45) is 7.31. The second-order valence-corrected chi connectivity index (χ2v) is 5.84. The van der Waals surface area contributed by atoms with Crippen molar-refractivity contribution in [2.75, 3.05) is 13.2 Å². The topological polar surface area (TPSA) is 21.3 Å². The Hall–Kier alpha value is -1.16. The van der Waals surface area contributed by atoms with Gasteiger partial charge in [0, 0.05) is 12.1 Å². The number of hydrogen-bond acceptors (Lipinski definition) is 2. The zero-order valence-corrected chi connectivity index (χ0v) is 12.7. The van der Waals surface area contributed by atoms with Crippen LogP contribution in [-0.2, 0) is 0 Å². The summed E-state index contributed by atoms with van der Waals surface area (Å²) in [6, 6.07) is 3.70. The SMILES string of the molecule is CCCNC(COc1ccc(F)cc1F)C1CCCCC1. The molecule has 1 aromatic rings. The molecule has 21 heavy (non-hydrogen) atoms. The normalized spacial score (nSPS) is 17.7. The molecule has 0 heterocycles. The van der Waals surface area contributed by atoms with Gasteiger partial charge in [-0.2, -0.15) is 0 Å². The number of ether oxygens (including phenoxy) is 1. The van der Waals surface area contributed by atoms with Gasteiger partial charge in [0.05, 0.1) is 0 Å². The summed E-state index contributed by atoms with van der Waals surface area (Å²) in [5.74, 6) is -0.481. The Balaban J connectivity index is 1.93. The third-order valence-corrected chi connectivity index (χ3v) is 4.19. The van der Waals surface area contributed by atoms with Crippen LogP contribution in [0.25, 0.3) is 0 Å². The fourth-order valence-electron chi connectivity index (χ4n) is 3.00. The van der Waals surface area contributed by atoms with Crippen LogP contribution in [0.1, 0.15) is 45.4 Å². The molecule has 1 atom stereocenters. The maximum absolute atomic E-state index is 13.6. The van der Waals surface area contributed by atoms with E-state index >= 15 is 0 Å². The largest absolute Gasteiger partial charge is 0.489 e. The maximum Gasteiger partial charge on any atom is 0.167 e. The Bertz CT molecular complexity index is 433. The van der Waals surface area contributed by atoms with Crippen LogP contribution in [0.5, 0.6) is 5.75 Å². The van der Waals surface area contributed by atoms with Crippen LogP contribution in [-0.4, -0.2) is 19.2 Å². The van der Waals surface area contributed by atoms with Crippen molar-refractivity contribution in [2.24, 2.45) is 5.92 Å². The van der Waals surface area contributed by atoms with Crippen molar-refractivity contribution in [3.63, 3.8) is 0 Å². The molecule has 1 fully saturated rings. The molecule has 1 unspecified atom stereocenters. The van der Waals surface area contributed by atoms with Crippen LogP contribution in [0.3, 0.4) is 0 Å². The molecule has 1 N–H and O–H groups in total. The highest BCUT2D eigenvalue weighted by Crippen LogP contribution is 2.27. The van der Waals surface area contributed by atoms with E-state index in [-0.39, 0.29) is 11.8 Å². The monoisotopic (exact) mass is 297 g/mol. The van der Waals surface area contributed by atoms with Crippen molar-refractivity contribution in [3.8, 4) is 5.75 Å². The first-order valence-corrected chi connectivity index (χ1v) is 8.02. The average Bonchev–Trinajstić information content (AvgIpc) is 2.50. The van der Waals surface area contributed by atoms with E-state index in [4.69, 9.17) is 4.74 Å². The minimum Gasteiger partial charge on any atom is -0.489 e. The van der Waals surface area contributed by atoms with Gasteiger partial charge in [0.15, 0.2) is 11.6 Å². The predicted molar refractivity (Wildman–Crippen MR) is 80.5 cm³/mol. The molecule has 1 aromatic carbocycles. The highest BCUT2D eigenvalue weighted by atomic mass is 19.1. The molecule has 118 valence electrons. The Labute approximate surface area is 125 Å². The van der Waals surface area contributed by atoms with Crippen LogP contribution in [0.15, 0.2) is 18.2 Å². The lowest BCUT2D eigenvalue weighted by Gasteiger charge is -2.31. The number of benzene rings is 1. The fraction of sp³-hybridized carbons (Fsp3) is 0.647. The molecule has 0 radical (unpaired) electrons. The summed E-state index contributed by atoms with van der Waals surface area (Å²) in [5.41, 5.74) is 0. The standard InChI is InChI=1S/C17H25F2NO/c1-2-10-20-16(13-6-4-3-5-7-13)12-21-17-9-8-14(18)11-15(17)19/h8-9,11,13,16,20H,2-7,10,12H2,1H3.